The van der Waals surface area contributed by atoms with Gasteiger partial charge < -0.3 is 9.47 Å². The summed E-state index contributed by atoms with van der Waals surface area (Å²) >= 11 is 12.2. The Morgan fingerprint density at radius 2 is 1.67 bits per heavy atom. The van der Waals surface area contributed by atoms with Gasteiger partial charge >= 0.3 is 0 Å². The molecule has 0 bridgehead atoms. The van der Waals surface area contributed by atoms with Crippen LogP contribution in [0.25, 0.3) is 10.8 Å². The van der Waals surface area contributed by atoms with Crippen molar-refractivity contribution in [2.45, 2.75) is 45.4 Å². The Bertz CT molecular complexity index is 628. The fraction of sp³-hybridized carbons (Fsp3) is 0.500. The van der Waals surface area contributed by atoms with Gasteiger partial charge in [-0.1, -0.05) is 43.9 Å². The minimum atomic E-state index is 0.674. The van der Waals surface area contributed by atoms with E-state index < -0.39 is 0 Å². The molecular weight excluding hydrogens is 343 g/mol. The van der Waals surface area contributed by atoms with Crippen molar-refractivity contribution in [1.82, 2.24) is 0 Å². The second-order valence-corrected chi connectivity index (χ2v) is 6.67. The average molecular weight is 369 g/mol. The van der Waals surface area contributed by atoms with E-state index in [0.29, 0.717) is 11.6 Å². The van der Waals surface area contributed by atoms with Gasteiger partial charge in [0, 0.05) is 11.3 Å². The zero-order valence-corrected chi connectivity index (χ0v) is 15.8. The molecule has 2 aromatic carbocycles. The second-order valence-electron chi connectivity index (χ2n) is 5.91. The Morgan fingerprint density at radius 1 is 0.875 bits per heavy atom. The van der Waals surface area contributed by atoms with Gasteiger partial charge in [-0.05, 0) is 48.9 Å². The molecule has 0 amide bonds. The highest BCUT2D eigenvalue weighted by Crippen LogP contribution is 2.34. The lowest BCUT2D eigenvalue weighted by Gasteiger charge is -2.11. The Labute approximate surface area is 155 Å². The van der Waals surface area contributed by atoms with Crippen LogP contribution in [0.15, 0.2) is 30.3 Å². The van der Waals surface area contributed by atoms with Crippen molar-refractivity contribution in [3.63, 3.8) is 0 Å². The van der Waals surface area contributed by atoms with Gasteiger partial charge in [-0.25, -0.2) is 0 Å². The predicted octanol–water partition coefficient (Wildman–Crippen LogP) is 6.85. The van der Waals surface area contributed by atoms with Crippen LogP contribution >= 0.6 is 23.2 Å². The number of ether oxygens (including phenoxy) is 2. The number of hydrogen-bond donors (Lipinski definition) is 0. The zero-order chi connectivity index (χ0) is 17.2. The van der Waals surface area contributed by atoms with E-state index in [4.69, 9.17) is 32.7 Å². The van der Waals surface area contributed by atoms with Crippen LogP contribution in [0.3, 0.4) is 0 Å². The number of unbranched alkanes of at least 4 members (excludes halogenated alkanes) is 4. The van der Waals surface area contributed by atoms with E-state index in [9.17, 15) is 0 Å². The lowest BCUT2D eigenvalue weighted by Crippen LogP contribution is -1.98. The molecule has 2 rings (SSSR count). The van der Waals surface area contributed by atoms with Gasteiger partial charge in [0.05, 0.1) is 18.2 Å². The lowest BCUT2D eigenvalue weighted by atomic mass is 10.1. The number of hydrogen-bond acceptors (Lipinski definition) is 2. The van der Waals surface area contributed by atoms with Crippen LogP contribution in [0.1, 0.15) is 45.4 Å². The maximum atomic E-state index is 6.50. The smallest absolute Gasteiger partial charge is 0.138 e. The Morgan fingerprint density at radius 3 is 2.46 bits per heavy atom. The van der Waals surface area contributed by atoms with Crippen LogP contribution in [0, 0.1) is 0 Å². The molecule has 0 atom stereocenters. The molecule has 0 aliphatic rings. The average Bonchev–Trinajstić information content (AvgIpc) is 2.60. The number of halogens is 2. The largest absolute Gasteiger partial charge is 0.494 e. The standard InChI is InChI=1S/C20H26Cl2O2/c1-2-3-13-23-17-9-10-18-16(15-17)8-11-19(20(18)22)24-14-7-5-4-6-12-21/h8-11,15H,2-7,12-14H2,1H3. The highest BCUT2D eigenvalue weighted by atomic mass is 35.5. The molecule has 2 aromatic rings. The van der Waals surface area contributed by atoms with Crippen LogP contribution in [0.5, 0.6) is 11.5 Å². The SMILES string of the molecule is CCCCOc1ccc2c(Cl)c(OCCCCCCCl)ccc2c1. The van der Waals surface area contributed by atoms with Crippen molar-refractivity contribution in [3.05, 3.63) is 35.4 Å². The molecule has 0 aromatic heterocycles. The van der Waals surface area contributed by atoms with Crippen molar-refractivity contribution in [1.29, 1.82) is 0 Å². The number of alkyl halides is 1. The van der Waals surface area contributed by atoms with E-state index in [1.54, 1.807) is 0 Å². The lowest BCUT2D eigenvalue weighted by molar-refractivity contribution is 0.305. The number of fused-ring (bicyclic) bond motifs is 1. The van der Waals surface area contributed by atoms with Crippen molar-refractivity contribution in [3.8, 4) is 11.5 Å². The molecule has 0 fully saturated rings. The monoisotopic (exact) mass is 368 g/mol. The molecule has 0 radical (unpaired) electrons. The first kappa shape index (κ1) is 19.2. The van der Waals surface area contributed by atoms with Crippen molar-refractivity contribution < 1.29 is 9.47 Å². The number of rotatable bonds is 11. The second kappa shape index (κ2) is 10.7. The van der Waals surface area contributed by atoms with Gasteiger partial charge in [-0.2, -0.15) is 0 Å². The third kappa shape index (κ3) is 5.75. The van der Waals surface area contributed by atoms with E-state index in [-0.39, 0.29) is 0 Å². The Kier molecular flexibility index (Phi) is 8.55. The number of benzene rings is 2. The molecular formula is C20H26Cl2O2. The van der Waals surface area contributed by atoms with Crippen molar-refractivity contribution in [2.75, 3.05) is 19.1 Å². The molecule has 0 saturated heterocycles. The minimum absolute atomic E-state index is 0.674. The maximum absolute atomic E-state index is 6.50. The summed E-state index contributed by atoms with van der Waals surface area (Å²) < 4.78 is 11.6. The van der Waals surface area contributed by atoms with Crippen LogP contribution in [0.4, 0.5) is 0 Å². The zero-order valence-electron chi connectivity index (χ0n) is 14.3. The van der Waals surface area contributed by atoms with Gasteiger partial charge in [-0.3, -0.25) is 0 Å². The molecule has 0 unspecified atom stereocenters. The topological polar surface area (TPSA) is 18.5 Å². The van der Waals surface area contributed by atoms with Crippen molar-refractivity contribution >= 4 is 34.0 Å². The van der Waals surface area contributed by atoms with Gasteiger partial charge in [-0.15, -0.1) is 11.6 Å². The summed E-state index contributed by atoms with van der Waals surface area (Å²) in [4.78, 5) is 0. The summed E-state index contributed by atoms with van der Waals surface area (Å²) in [5, 5.41) is 2.75. The summed E-state index contributed by atoms with van der Waals surface area (Å²) in [5.41, 5.74) is 0. The van der Waals surface area contributed by atoms with Gasteiger partial charge in [0.15, 0.2) is 0 Å². The van der Waals surface area contributed by atoms with E-state index in [0.717, 1.165) is 73.3 Å². The van der Waals surface area contributed by atoms with Crippen LogP contribution in [-0.4, -0.2) is 19.1 Å². The molecule has 132 valence electrons. The molecule has 2 nitrogen and oxygen atoms in total. The predicted molar refractivity (Wildman–Crippen MR) is 104 cm³/mol. The Balaban J connectivity index is 1.95. The van der Waals surface area contributed by atoms with Gasteiger partial charge in [0.1, 0.15) is 11.5 Å². The first-order valence-electron chi connectivity index (χ1n) is 8.80. The van der Waals surface area contributed by atoms with E-state index in [1.165, 1.54) is 0 Å². The van der Waals surface area contributed by atoms with E-state index in [1.807, 2.05) is 30.3 Å². The molecule has 24 heavy (non-hydrogen) atoms. The van der Waals surface area contributed by atoms with Crippen LogP contribution < -0.4 is 9.47 Å². The normalized spacial score (nSPS) is 11.0. The molecule has 0 N–H and O–H groups in total. The van der Waals surface area contributed by atoms with Crippen molar-refractivity contribution in [2.24, 2.45) is 0 Å². The van der Waals surface area contributed by atoms with E-state index >= 15 is 0 Å². The first-order chi connectivity index (χ1) is 11.8. The van der Waals surface area contributed by atoms with E-state index in [2.05, 4.69) is 6.92 Å². The summed E-state index contributed by atoms with van der Waals surface area (Å²) in [6, 6.07) is 9.99. The molecule has 0 heterocycles. The minimum Gasteiger partial charge on any atom is -0.494 e. The molecule has 0 saturated carbocycles. The Hall–Kier alpha value is -1.12. The van der Waals surface area contributed by atoms with Gasteiger partial charge in [0.25, 0.3) is 0 Å². The highest BCUT2D eigenvalue weighted by Gasteiger charge is 2.08. The highest BCUT2D eigenvalue weighted by molar-refractivity contribution is 6.37. The molecule has 4 heteroatoms. The molecule has 0 aliphatic heterocycles. The third-order valence-electron chi connectivity index (χ3n) is 3.94. The first-order valence-corrected chi connectivity index (χ1v) is 9.71. The van der Waals surface area contributed by atoms with Crippen LogP contribution in [0.2, 0.25) is 5.02 Å². The maximum Gasteiger partial charge on any atom is 0.138 e. The summed E-state index contributed by atoms with van der Waals surface area (Å²) in [6.07, 6.45) is 6.58. The molecule has 0 spiro atoms. The quantitative estimate of drug-likeness (QED) is 0.318. The fourth-order valence-corrected chi connectivity index (χ4v) is 3.00. The van der Waals surface area contributed by atoms with Crippen LogP contribution in [-0.2, 0) is 0 Å². The van der Waals surface area contributed by atoms with Gasteiger partial charge in [0.2, 0.25) is 0 Å². The third-order valence-corrected chi connectivity index (χ3v) is 4.60. The summed E-state index contributed by atoms with van der Waals surface area (Å²) in [5.74, 6) is 2.38. The summed E-state index contributed by atoms with van der Waals surface area (Å²) in [6.45, 7) is 3.59. The molecule has 0 aliphatic carbocycles. The summed E-state index contributed by atoms with van der Waals surface area (Å²) in [7, 11) is 0. The fourth-order valence-electron chi connectivity index (χ4n) is 2.52.